The van der Waals surface area contributed by atoms with Gasteiger partial charge < -0.3 is 20.1 Å². The minimum Gasteiger partial charge on any atom is -0.481 e. The maximum atomic E-state index is 13.0. The molecule has 0 radical (unpaired) electrons. The third-order valence-corrected chi connectivity index (χ3v) is 4.42. The Hall–Kier alpha value is -2.93. The number of nitrogens with zero attached hydrogens (tertiary/aromatic N) is 1. The SMILES string of the molecule is O=C(O)CC1COCCN1C(=O)c1cccc(NCc2ccc(F)cc2)c1. The number of carboxylic acid groups (broad SMARTS) is 1. The second-order valence-electron chi connectivity index (χ2n) is 6.39. The Labute approximate surface area is 156 Å². The Bertz CT molecular complexity index is 810. The number of benzene rings is 2. The minimum absolute atomic E-state index is 0.145. The van der Waals surface area contributed by atoms with Crippen molar-refractivity contribution in [2.24, 2.45) is 0 Å². The van der Waals surface area contributed by atoms with Crippen molar-refractivity contribution in [3.63, 3.8) is 0 Å². The Morgan fingerprint density at radius 1 is 1.22 bits per heavy atom. The zero-order chi connectivity index (χ0) is 19.2. The number of nitrogens with one attached hydrogen (secondary N) is 1. The normalized spacial score (nSPS) is 16.8. The molecule has 2 aromatic rings. The maximum absolute atomic E-state index is 13.0. The lowest BCUT2D eigenvalue weighted by Gasteiger charge is -2.35. The van der Waals surface area contributed by atoms with Crippen LogP contribution in [0.3, 0.4) is 0 Å². The van der Waals surface area contributed by atoms with Crippen LogP contribution in [-0.4, -0.2) is 47.7 Å². The van der Waals surface area contributed by atoms with Gasteiger partial charge in [-0.2, -0.15) is 0 Å². The van der Waals surface area contributed by atoms with Gasteiger partial charge in [0.2, 0.25) is 0 Å². The number of ether oxygens (including phenoxy) is 1. The van der Waals surface area contributed by atoms with Crippen molar-refractivity contribution >= 4 is 17.6 Å². The molecule has 1 heterocycles. The lowest BCUT2D eigenvalue weighted by Crippen LogP contribution is -2.49. The minimum atomic E-state index is -0.960. The van der Waals surface area contributed by atoms with E-state index < -0.39 is 12.0 Å². The van der Waals surface area contributed by atoms with Crippen molar-refractivity contribution < 1.29 is 23.8 Å². The molecule has 27 heavy (non-hydrogen) atoms. The number of carbonyl (C=O) groups is 2. The van der Waals surface area contributed by atoms with Crippen molar-refractivity contribution in [3.8, 4) is 0 Å². The van der Waals surface area contributed by atoms with E-state index in [0.717, 1.165) is 11.3 Å². The molecule has 1 aliphatic heterocycles. The zero-order valence-electron chi connectivity index (χ0n) is 14.7. The second-order valence-corrected chi connectivity index (χ2v) is 6.39. The summed E-state index contributed by atoms with van der Waals surface area (Å²) in [4.78, 5) is 25.5. The molecular weight excluding hydrogens is 351 g/mol. The van der Waals surface area contributed by atoms with E-state index in [0.29, 0.717) is 25.3 Å². The molecule has 0 aromatic heterocycles. The largest absolute Gasteiger partial charge is 0.481 e. The van der Waals surface area contributed by atoms with E-state index in [1.165, 1.54) is 12.1 Å². The highest BCUT2D eigenvalue weighted by atomic mass is 19.1. The summed E-state index contributed by atoms with van der Waals surface area (Å²) in [5.74, 6) is -1.46. The van der Waals surface area contributed by atoms with Crippen LogP contribution in [0, 0.1) is 5.82 Å². The van der Waals surface area contributed by atoms with Crippen LogP contribution in [0.4, 0.5) is 10.1 Å². The van der Waals surface area contributed by atoms with E-state index in [4.69, 9.17) is 9.84 Å². The first-order valence-electron chi connectivity index (χ1n) is 8.72. The van der Waals surface area contributed by atoms with Crippen LogP contribution in [0.2, 0.25) is 0 Å². The van der Waals surface area contributed by atoms with Crippen LogP contribution < -0.4 is 5.32 Å². The Morgan fingerprint density at radius 3 is 2.74 bits per heavy atom. The molecule has 1 atom stereocenters. The third-order valence-electron chi connectivity index (χ3n) is 4.42. The topological polar surface area (TPSA) is 78.9 Å². The molecule has 1 aliphatic rings. The molecule has 7 heteroatoms. The Kier molecular flexibility index (Phi) is 6.03. The quantitative estimate of drug-likeness (QED) is 0.815. The van der Waals surface area contributed by atoms with Gasteiger partial charge in [0.15, 0.2) is 0 Å². The highest BCUT2D eigenvalue weighted by molar-refractivity contribution is 5.95. The van der Waals surface area contributed by atoms with E-state index >= 15 is 0 Å². The zero-order valence-corrected chi connectivity index (χ0v) is 14.7. The van der Waals surface area contributed by atoms with Crippen LogP contribution in [0.25, 0.3) is 0 Å². The van der Waals surface area contributed by atoms with Gasteiger partial charge >= 0.3 is 5.97 Å². The van der Waals surface area contributed by atoms with E-state index in [-0.39, 0.29) is 24.8 Å². The molecule has 142 valence electrons. The van der Waals surface area contributed by atoms with Gasteiger partial charge in [-0.25, -0.2) is 4.39 Å². The summed E-state index contributed by atoms with van der Waals surface area (Å²) in [6.07, 6.45) is -0.145. The summed E-state index contributed by atoms with van der Waals surface area (Å²) in [5.41, 5.74) is 2.16. The molecule has 1 fully saturated rings. The second kappa shape index (κ2) is 8.64. The van der Waals surface area contributed by atoms with Crippen LogP contribution in [0.5, 0.6) is 0 Å². The van der Waals surface area contributed by atoms with Gasteiger partial charge in [-0.1, -0.05) is 18.2 Å². The predicted octanol–water partition coefficient (Wildman–Crippen LogP) is 2.75. The first-order valence-corrected chi connectivity index (χ1v) is 8.72. The number of carbonyl (C=O) groups excluding carboxylic acids is 1. The molecule has 6 nitrogen and oxygen atoms in total. The predicted molar refractivity (Wildman–Crippen MR) is 98.1 cm³/mol. The molecule has 3 rings (SSSR count). The number of hydrogen-bond acceptors (Lipinski definition) is 4. The van der Waals surface area contributed by atoms with Crippen molar-refractivity contribution in [2.75, 3.05) is 25.1 Å². The number of halogens is 1. The summed E-state index contributed by atoms with van der Waals surface area (Å²) >= 11 is 0. The standard InChI is InChI=1S/C20H21FN2O4/c21-16-6-4-14(5-7-16)12-22-17-3-1-2-15(10-17)20(26)23-8-9-27-13-18(23)11-19(24)25/h1-7,10,18,22H,8-9,11-13H2,(H,24,25). The van der Waals surface area contributed by atoms with E-state index in [1.54, 1.807) is 35.2 Å². The van der Waals surface area contributed by atoms with Crippen molar-refractivity contribution in [3.05, 3.63) is 65.5 Å². The van der Waals surface area contributed by atoms with Gasteiger partial charge in [0, 0.05) is 24.3 Å². The smallest absolute Gasteiger partial charge is 0.305 e. The summed E-state index contributed by atoms with van der Waals surface area (Å²) in [5, 5.41) is 12.3. The maximum Gasteiger partial charge on any atom is 0.305 e. The number of carboxylic acids is 1. The molecule has 0 bridgehead atoms. The van der Waals surface area contributed by atoms with Crippen molar-refractivity contribution in [2.45, 2.75) is 19.0 Å². The average Bonchev–Trinajstić information content (AvgIpc) is 2.67. The fourth-order valence-corrected chi connectivity index (χ4v) is 3.03. The third kappa shape index (κ3) is 5.04. The molecule has 2 aromatic carbocycles. The first-order chi connectivity index (χ1) is 13.0. The lowest BCUT2D eigenvalue weighted by atomic mass is 10.1. The Morgan fingerprint density at radius 2 is 2.00 bits per heavy atom. The van der Waals surface area contributed by atoms with Gasteiger partial charge in [-0.3, -0.25) is 9.59 Å². The molecule has 0 saturated carbocycles. The summed E-state index contributed by atoms with van der Waals surface area (Å²) < 4.78 is 18.3. The highest BCUT2D eigenvalue weighted by Gasteiger charge is 2.29. The lowest BCUT2D eigenvalue weighted by molar-refractivity contribution is -0.139. The monoisotopic (exact) mass is 372 g/mol. The molecular formula is C20H21FN2O4. The van der Waals surface area contributed by atoms with Gasteiger partial charge in [0.1, 0.15) is 5.82 Å². The average molecular weight is 372 g/mol. The number of aliphatic carboxylic acids is 1. The van der Waals surface area contributed by atoms with Crippen LogP contribution in [0.1, 0.15) is 22.3 Å². The van der Waals surface area contributed by atoms with Gasteiger partial charge in [0.05, 0.1) is 25.7 Å². The van der Waals surface area contributed by atoms with E-state index in [2.05, 4.69) is 5.32 Å². The number of amides is 1. The molecule has 1 unspecified atom stereocenters. The van der Waals surface area contributed by atoms with Crippen molar-refractivity contribution in [1.82, 2.24) is 4.90 Å². The van der Waals surface area contributed by atoms with Crippen molar-refractivity contribution in [1.29, 1.82) is 0 Å². The highest BCUT2D eigenvalue weighted by Crippen LogP contribution is 2.18. The molecule has 1 amide bonds. The summed E-state index contributed by atoms with van der Waals surface area (Å²) in [6.45, 7) is 1.48. The number of rotatable bonds is 6. The number of hydrogen-bond donors (Lipinski definition) is 2. The van der Waals surface area contributed by atoms with Gasteiger partial charge in [-0.05, 0) is 35.9 Å². The molecule has 2 N–H and O–H groups in total. The Balaban J connectivity index is 1.68. The molecule has 0 aliphatic carbocycles. The van der Waals surface area contributed by atoms with E-state index in [9.17, 15) is 14.0 Å². The van der Waals surface area contributed by atoms with Gasteiger partial charge in [0.25, 0.3) is 5.91 Å². The molecule has 0 spiro atoms. The summed E-state index contributed by atoms with van der Waals surface area (Å²) in [6, 6.07) is 12.8. The fraction of sp³-hybridized carbons (Fsp3) is 0.300. The van der Waals surface area contributed by atoms with Crippen LogP contribution >= 0.6 is 0 Å². The van der Waals surface area contributed by atoms with Crippen LogP contribution in [-0.2, 0) is 16.1 Å². The first kappa shape index (κ1) is 18.8. The van der Waals surface area contributed by atoms with Gasteiger partial charge in [-0.15, -0.1) is 0 Å². The number of anilines is 1. The molecule has 1 saturated heterocycles. The van der Waals surface area contributed by atoms with E-state index in [1.807, 2.05) is 6.07 Å². The van der Waals surface area contributed by atoms with Crippen LogP contribution in [0.15, 0.2) is 48.5 Å². The summed E-state index contributed by atoms with van der Waals surface area (Å²) in [7, 11) is 0. The fourth-order valence-electron chi connectivity index (χ4n) is 3.03. The number of morpholine rings is 1.